The molecule has 1 aliphatic carbocycles. The highest BCUT2D eigenvalue weighted by molar-refractivity contribution is 5.68. The molecule has 1 aromatic heterocycles. The Morgan fingerprint density at radius 3 is 2.81 bits per heavy atom. The third kappa shape index (κ3) is 4.94. The minimum atomic E-state index is -0.390. The van der Waals surface area contributed by atoms with Gasteiger partial charge in [-0.15, -0.1) is 0 Å². The lowest BCUT2D eigenvalue weighted by molar-refractivity contribution is 0.0422. The molecule has 2 heterocycles. The predicted molar refractivity (Wildman–Crippen MR) is 95.5 cm³/mol. The Morgan fingerprint density at radius 2 is 2.19 bits per heavy atom. The van der Waals surface area contributed by atoms with Crippen LogP contribution in [0.4, 0.5) is 9.18 Å². The Kier molecular flexibility index (Phi) is 6.08. The van der Waals surface area contributed by atoms with Gasteiger partial charge in [0, 0.05) is 24.1 Å². The summed E-state index contributed by atoms with van der Waals surface area (Å²) in [7, 11) is 0. The molecule has 1 amide bonds. The average Bonchev–Trinajstić information content (AvgIpc) is 3.50. The van der Waals surface area contributed by atoms with E-state index in [1.54, 1.807) is 6.08 Å². The molecule has 0 atom stereocenters. The van der Waals surface area contributed by atoms with Crippen molar-refractivity contribution in [1.29, 1.82) is 0 Å². The molecule has 0 aromatic carbocycles. The van der Waals surface area contributed by atoms with E-state index in [-0.39, 0.29) is 30.0 Å². The van der Waals surface area contributed by atoms with Crippen LogP contribution in [0.15, 0.2) is 31.0 Å². The first-order valence-electron chi connectivity index (χ1n) is 9.11. The van der Waals surface area contributed by atoms with Gasteiger partial charge in [-0.05, 0) is 44.8 Å². The smallest absolute Gasteiger partial charge is 0.410 e. The maximum absolute atomic E-state index is 13.0. The molecule has 2 aliphatic rings. The highest BCUT2D eigenvalue weighted by Crippen LogP contribution is 2.36. The molecule has 0 radical (unpaired) electrons. The van der Waals surface area contributed by atoms with Crippen molar-refractivity contribution in [3.63, 3.8) is 0 Å². The van der Waals surface area contributed by atoms with Gasteiger partial charge >= 0.3 is 6.09 Å². The van der Waals surface area contributed by atoms with E-state index < -0.39 is 0 Å². The van der Waals surface area contributed by atoms with Gasteiger partial charge in [-0.1, -0.05) is 12.7 Å². The Hall–Kier alpha value is -2.15. The molecule has 1 aliphatic heterocycles. The largest absolute Gasteiger partial charge is 0.477 e. The first-order chi connectivity index (χ1) is 12.6. The lowest BCUT2D eigenvalue weighted by Crippen LogP contribution is -2.50. The van der Waals surface area contributed by atoms with Crippen molar-refractivity contribution < 1.29 is 18.7 Å². The number of carbonyl (C=O) groups excluding carboxylic acids is 1. The lowest BCUT2D eigenvalue weighted by atomic mass is 9.79. The second-order valence-electron chi connectivity index (χ2n) is 7.08. The summed E-state index contributed by atoms with van der Waals surface area (Å²) in [6.45, 7) is 6.59. The zero-order valence-electron chi connectivity index (χ0n) is 15.0. The summed E-state index contributed by atoms with van der Waals surface area (Å²) in [5.74, 6) is 0.00955. The standard InChI is InChI=1S/C19H26FN3O3/c1-2-11-25-18(24)23(16-4-5-16)13-19(7-9-21-10-8-19)14-26-17-6-3-15(20)12-22-17/h2-3,6,12,16,21H,1,4-5,7-11,13-14H2. The van der Waals surface area contributed by atoms with E-state index in [0.717, 1.165) is 45.0 Å². The van der Waals surface area contributed by atoms with Crippen molar-refractivity contribution in [2.45, 2.75) is 31.7 Å². The molecule has 1 aromatic rings. The van der Waals surface area contributed by atoms with E-state index in [9.17, 15) is 9.18 Å². The van der Waals surface area contributed by atoms with Crippen LogP contribution in [0.5, 0.6) is 5.88 Å². The molecule has 0 bridgehead atoms. The van der Waals surface area contributed by atoms with Crippen LogP contribution < -0.4 is 10.1 Å². The summed E-state index contributed by atoms with van der Waals surface area (Å²) in [4.78, 5) is 18.3. The number of hydrogen-bond donors (Lipinski definition) is 1. The van der Waals surface area contributed by atoms with Crippen LogP contribution in [0.1, 0.15) is 25.7 Å². The summed E-state index contributed by atoms with van der Waals surface area (Å²) >= 11 is 0. The van der Waals surface area contributed by atoms with E-state index in [0.29, 0.717) is 19.0 Å². The normalized spacial score (nSPS) is 18.8. The third-order valence-electron chi connectivity index (χ3n) is 4.94. The van der Waals surface area contributed by atoms with Crippen molar-refractivity contribution in [3.8, 4) is 5.88 Å². The molecular formula is C19H26FN3O3. The molecule has 1 saturated carbocycles. The number of rotatable bonds is 8. The van der Waals surface area contributed by atoms with Crippen LogP contribution in [-0.4, -0.2) is 54.9 Å². The van der Waals surface area contributed by atoms with E-state index in [4.69, 9.17) is 9.47 Å². The second kappa shape index (κ2) is 8.49. The topological polar surface area (TPSA) is 63.7 Å². The minimum Gasteiger partial charge on any atom is -0.477 e. The van der Waals surface area contributed by atoms with Gasteiger partial charge in [-0.3, -0.25) is 0 Å². The Balaban J connectivity index is 1.67. The summed E-state index contributed by atoms with van der Waals surface area (Å²) in [6.07, 6.45) is 6.25. The number of carbonyl (C=O) groups is 1. The van der Waals surface area contributed by atoms with Gasteiger partial charge in [0.1, 0.15) is 12.4 Å². The SMILES string of the molecule is C=CCOC(=O)N(CC1(COc2ccc(F)cn2)CCNCC1)C1CC1. The van der Waals surface area contributed by atoms with Crippen molar-refractivity contribution in [2.24, 2.45) is 5.41 Å². The monoisotopic (exact) mass is 363 g/mol. The van der Waals surface area contributed by atoms with Crippen LogP contribution in [0, 0.1) is 11.2 Å². The van der Waals surface area contributed by atoms with Crippen LogP contribution in [-0.2, 0) is 4.74 Å². The quantitative estimate of drug-likeness (QED) is 0.720. The first-order valence-corrected chi connectivity index (χ1v) is 9.11. The summed E-state index contributed by atoms with van der Waals surface area (Å²) in [5.41, 5.74) is -0.170. The van der Waals surface area contributed by atoms with E-state index in [2.05, 4.69) is 16.9 Å². The highest BCUT2D eigenvalue weighted by atomic mass is 19.1. The minimum absolute atomic E-state index is 0.170. The zero-order chi connectivity index (χ0) is 18.4. The van der Waals surface area contributed by atoms with Gasteiger partial charge in [-0.25, -0.2) is 14.2 Å². The molecule has 2 fully saturated rings. The van der Waals surface area contributed by atoms with E-state index in [1.165, 1.54) is 12.1 Å². The second-order valence-corrected chi connectivity index (χ2v) is 7.08. The maximum Gasteiger partial charge on any atom is 0.410 e. The fraction of sp³-hybridized carbons (Fsp3) is 0.579. The number of amides is 1. The summed E-state index contributed by atoms with van der Waals surface area (Å²) in [6, 6.07) is 3.12. The maximum atomic E-state index is 13.0. The molecule has 6 nitrogen and oxygen atoms in total. The van der Waals surface area contributed by atoms with E-state index >= 15 is 0 Å². The molecule has 26 heavy (non-hydrogen) atoms. The summed E-state index contributed by atoms with van der Waals surface area (Å²) < 4.78 is 24.2. The number of halogens is 1. The van der Waals surface area contributed by atoms with Crippen LogP contribution in [0.3, 0.4) is 0 Å². The Bertz CT molecular complexity index is 613. The van der Waals surface area contributed by atoms with Gasteiger partial charge < -0.3 is 19.7 Å². The van der Waals surface area contributed by atoms with Crippen molar-refractivity contribution >= 4 is 6.09 Å². The lowest BCUT2D eigenvalue weighted by Gasteiger charge is -2.40. The summed E-state index contributed by atoms with van der Waals surface area (Å²) in [5, 5.41) is 3.36. The first kappa shape index (κ1) is 18.6. The van der Waals surface area contributed by atoms with Crippen molar-refractivity contribution in [1.82, 2.24) is 15.2 Å². The molecule has 1 N–H and O–H groups in total. The molecule has 1 saturated heterocycles. The number of ether oxygens (including phenoxy) is 2. The molecule has 0 unspecified atom stereocenters. The predicted octanol–water partition coefficient (Wildman–Crippen LogP) is 2.76. The zero-order valence-corrected chi connectivity index (χ0v) is 15.0. The molecule has 0 spiro atoms. The van der Waals surface area contributed by atoms with Gasteiger partial charge in [0.05, 0.1) is 12.8 Å². The van der Waals surface area contributed by atoms with Crippen LogP contribution in [0.25, 0.3) is 0 Å². The van der Waals surface area contributed by atoms with Gasteiger partial charge in [0.25, 0.3) is 0 Å². The number of nitrogens with one attached hydrogen (secondary N) is 1. The third-order valence-corrected chi connectivity index (χ3v) is 4.94. The van der Waals surface area contributed by atoms with Gasteiger partial charge in [0.2, 0.25) is 5.88 Å². The Labute approximate surface area is 153 Å². The average molecular weight is 363 g/mol. The molecular weight excluding hydrogens is 337 g/mol. The van der Waals surface area contributed by atoms with Crippen LogP contribution in [0.2, 0.25) is 0 Å². The number of piperidine rings is 1. The fourth-order valence-corrected chi connectivity index (χ4v) is 3.28. The van der Waals surface area contributed by atoms with Crippen molar-refractivity contribution in [2.75, 3.05) is 32.8 Å². The molecule has 3 rings (SSSR count). The van der Waals surface area contributed by atoms with Gasteiger partial charge in [0.15, 0.2) is 0 Å². The number of pyridine rings is 1. The van der Waals surface area contributed by atoms with Crippen LogP contribution >= 0.6 is 0 Å². The number of aromatic nitrogens is 1. The van der Waals surface area contributed by atoms with E-state index in [1.807, 2.05) is 4.90 Å². The Morgan fingerprint density at radius 1 is 1.42 bits per heavy atom. The van der Waals surface area contributed by atoms with Gasteiger partial charge in [-0.2, -0.15) is 0 Å². The molecule has 142 valence electrons. The highest BCUT2D eigenvalue weighted by Gasteiger charge is 2.42. The van der Waals surface area contributed by atoms with Crippen molar-refractivity contribution in [3.05, 3.63) is 36.8 Å². The fourth-order valence-electron chi connectivity index (χ4n) is 3.28. The number of nitrogens with zero attached hydrogens (tertiary/aromatic N) is 2. The number of hydrogen-bond acceptors (Lipinski definition) is 5. The molecule has 7 heteroatoms.